The minimum absolute atomic E-state index is 0.330. The number of rotatable bonds is 5. The van der Waals surface area contributed by atoms with E-state index in [1.807, 2.05) is 6.07 Å². The van der Waals surface area contributed by atoms with Crippen LogP contribution in [0.5, 0.6) is 11.5 Å². The Morgan fingerprint density at radius 1 is 1.00 bits per heavy atom. The molecular formula is C18H15NO4. The second-order valence-corrected chi connectivity index (χ2v) is 4.60. The third-order valence-electron chi connectivity index (χ3n) is 3.31. The highest BCUT2D eigenvalue weighted by Crippen LogP contribution is 2.34. The Labute approximate surface area is 134 Å². The lowest BCUT2D eigenvalue weighted by Gasteiger charge is -2.13. The summed E-state index contributed by atoms with van der Waals surface area (Å²) in [5, 5.41) is 18.6. The number of methoxy groups -OCH3 is 2. The number of nitrogens with zero attached hydrogens (tertiary/aromatic N) is 1. The van der Waals surface area contributed by atoms with Crippen LogP contribution in [-0.4, -0.2) is 25.3 Å². The molecule has 0 saturated carbocycles. The van der Waals surface area contributed by atoms with E-state index in [0.29, 0.717) is 28.2 Å². The van der Waals surface area contributed by atoms with Gasteiger partial charge in [0.25, 0.3) is 0 Å². The highest BCUT2D eigenvalue weighted by Gasteiger charge is 2.19. The van der Waals surface area contributed by atoms with Crippen LogP contribution in [0.15, 0.2) is 54.1 Å². The molecule has 1 N–H and O–H groups in total. The van der Waals surface area contributed by atoms with Gasteiger partial charge in [-0.15, -0.1) is 0 Å². The molecule has 0 bridgehead atoms. The number of carbonyl (C=O) groups is 1. The van der Waals surface area contributed by atoms with Crippen LogP contribution in [0.25, 0.3) is 5.57 Å². The third-order valence-corrected chi connectivity index (χ3v) is 3.31. The summed E-state index contributed by atoms with van der Waals surface area (Å²) < 4.78 is 10.4. The van der Waals surface area contributed by atoms with Crippen molar-refractivity contribution in [3.8, 4) is 17.6 Å². The van der Waals surface area contributed by atoms with E-state index < -0.39 is 5.97 Å². The molecule has 0 atom stereocenters. The fraction of sp³-hybridized carbons (Fsp3) is 0.111. The van der Waals surface area contributed by atoms with Crippen molar-refractivity contribution < 1.29 is 19.4 Å². The van der Waals surface area contributed by atoms with Gasteiger partial charge >= 0.3 is 5.97 Å². The van der Waals surface area contributed by atoms with Crippen molar-refractivity contribution in [3.05, 3.63) is 65.2 Å². The second-order valence-electron chi connectivity index (χ2n) is 4.60. The highest BCUT2D eigenvalue weighted by atomic mass is 16.5. The number of nitriles is 1. The zero-order valence-corrected chi connectivity index (χ0v) is 12.7. The summed E-state index contributed by atoms with van der Waals surface area (Å²) in [7, 11) is 3.01. The van der Waals surface area contributed by atoms with Crippen LogP contribution < -0.4 is 9.47 Å². The third kappa shape index (κ3) is 3.33. The molecule has 116 valence electrons. The summed E-state index contributed by atoms with van der Waals surface area (Å²) in [4.78, 5) is 11.5. The average molecular weight is 309 g/mol. The van der Waals surface area contributed by atoms with E-state index in [0.717, 1.165) is 0 Å². The van der Waals surface area contributed by atoms with Gasteiger partial charge in [-0.25, -0.2) is 4.79 Å². The zero-order chi connectivity index (χ0) is 16.8. The van der Waals surface area contributed by atoms with Gasteiger partial charge in [-0.05, 0) is 23.3 Å². The number of carboxylic acids is 1. The quantitative estimate of drug-likeness (QED) is 0.678. The number of ether oxygens (including phenoxy) is 2. The van der Waals surface area contributed by atoms with E-state index in [9.17, 15) is 15.2 Å². The molecule has 0 heterocycles. The van der Waals surface area contributed by atoms with Crippen molar-refractivity contribution in [1.82, 2.24) is 0 Å². The van der Waals surface area contributed by atoms with E-state index in [2.05, 4.69) is 0 Å². The number of carboxylic acid groups (broad SMARTS) is 1. The Hall–Kier alpha value is -3.26. The molecule has 2 rings (SSSR count). The van der Waals surface area contributed by atoms with Crippen LogP contribution in [0.1, 0.15) is 11.1 Å². The largest absolute Gasteiger partial charge is 0.493 e. The van der Waals surface area contributed by atoms with E-state index in [-0.39, 0.29) is 5.57 Å². The van der Waals surface area contributed by atoms with Crippen LogP contribution in [-0.2, 0) is 4.79 Å². The van der Waals surface area contributed by atoms with Gasteiger partial charge in [0, 0.05) is 5.57 Å². The summed E-state index contributed by atoms with van der Waals surface area (Å²) in [5.41, 5.74) is 1.21. The van der Waals surface area contributed by atoms with Crippen molar-refractivity contribution in [2.75, 3.05) is 14.2 Å². The molecule has 5 heteroatoms. The van der Waals surface area contributed by atoms with Crippen molar-refractivity contribution >= 4 is 11.5 Å². The Morgan fingerprint density at radius 2 is 1.65 bits per heavy atom. The highest BCUT2D eigenvalue weighted by molar-refractivity contribution is 6.04. The Kier molecular flexibility index (Phi) is 5.00. The van der Waals surface area contributed by atoms with E-state index in [4.69, 9.17) is 9.47 Å². The standard InChI is InChI=1S/C18H15NO4/c1-22-15-9-8-13(10-16(15)23-2)17(14(11-19)18(20)21)12-6-4-3-5-7-12/h3-10H,1-2H3,(H,20,21). The SMILES string of the molecule is COc1ccc(C(=C(C#N)C(=O)O)c2ccccc2)cc1OC. The lowest BCUT2D eigenvalue weighted by molar-refractivity contribution is -0.132. The lowest BCUT2D eigenvalue weighted by Crippen LogP contribution is -2.04. The Balaban J connectivity index is 2.74. The van der Waals surface area contributed by atoms with Gasteiger partial charge in [0.2, 0.25) is 0 Å². The molecule has 2 aromatic carbocycles. The van der Waals surface area contributed by atoms with Gasteiger partial charge in [0.1, 0.15) is 11.6 Å². The molecule has 0 fully saturated rings. The molecule has 0 unspecified atom stereocenters. The van der Waals surface area contributed by atoms with Crippen LogP contribution in [0, 0.1) is 11.3 Å². The first-order valence-corrected chi connectivity index (χ1v) is 6.77. The molecule has 0 saturated heterocycles. The zero-order valence-electron chi connectivity index (χ0n) is 12.7. The summed E-state index contributed by atoms with van der Waals surface area (Å²) in [6.07, 6.45) is 0. The maximum atomic E-state index is 11.5. The summed E-state index contributed by atoms with van der Waals surface area (Å²) in [6, 6.07) is 15.7. The summed E-state index contributed by atoms with van der Waals surface area (Å²) >= 11 is 0. The fourth-order valence-corrected chi connectivity index (χ4v) is 2.26. The first kappa shape index (κ1) is 16.1. The van der Waals surface area contributed by atoms with E-state index in [1.165, 1.54) is 14.2 Å². The molecule has 0 aromatic heterocycles. The molecule has 0 aliphatic carbocycles. The van der Waals surface area contributed by atoms with Gasteiger partial charge in [0.05, 0.1) is 14.2 Å². The van der Waals surface area contributed by atoms with E-state index >= 15 is 0 Å². The van der Waals surface area contributed by atoms with E-state index in [1.54, 1.807) is 48.5 Å². The average Bonchev–Trinajstić information content (AvgIpc) is 2.59. The molecule has 0 amide bonds. The topological polar surface area (TPSA) is 79.5 Å². The van der Waals surface area contributed by atoms with Gasteiger partial charge in [0.15, 0.2) is 11.5 Å². The summed E-state index contributed by atoms with van der Waals surface area (Å²) in [6.45, 7) is 0. The normalized spacial score (nSPS) is 11.2. The molecule has 0 radical (unpaired) electrons. The second kappa shape index (κ2) is 7.14. The predicted molar refractivity (Wildman–Crippen MR) is 85.3 cm³/mol. The van der Waals surface area contributed by atoms with Crippen molar-refractivity contribution in [3.63, 3.8) is 0 Å². The number of aliphatic carboxylic acids is 1. The number of benzene rings is 2. The predicted octanol–water partition coefficient (Wildman–Crippen LogP) is 3.11. The molecule has 23 heavy (non-hydrogen) atoms. The van der Waals surface area contributed by atoms with Crippen molar-refractivity contribution in [2.24, 2.45) is 0 Å². The van der Waals surface area contributed by atoms with Crippen molar-refractivity contribution in [1.29, 1.82) is 5.26 Å². The lowest BCUT2D eigenvalue weighted by atomic mass is 9.93. The molecule has 2 aromatic rings. The minimum Gasteiger partial charge on any atom is -0.493 e. The first-order valence-electron chi connectivity index (χ1n) is 6.77. The van der Waals surface area contributed by atoms with Crippen LogP contribution in [0.4, 0.5) is 0 Å². The Bertz CT molecular complexity index is 788. The monoisotopic (exact) mass is 309 g/mol. The van der Waals surface area contributed by atoms with Crippen molar-refractivity contribution in [2.45, 2.75) is 0 Å². The fourth-order valence-electron chi connectivity index (χ4n) is 2.26. The van der Waals surface area contributed by atoms with Gasteiger partial charge in [-0.2, -0.15) is 5.26 Å². The molecule has 0 spiro atoms. The molecular weight excluding hydrogens is 294 g/mol. The molecule has 0 aliphatic rings. The smallest absolute Gasteiger partial charge is 0.347 e. The maximum Gasteiger partial charge on any atom is 0.347 e. The Morgan fingerprint density at radius 3 is 2.17 bits per heavy atom. The number of hydrogen-bond acceptors (Lipinski definition) is 4. The number of hydrogen-bond donors (Lipinski definition) is 1. The van der Waals surface area contributed by atoms with Crippen LogP contribution >= 0.6 is 0 Å². The minimum atomic E-state index is -1.28. The molecule has 5 nitrogen and oxygen atoms in total. The van der Waals surface area contributed by atoms with Gasteiger partial charge in [-0.1, -0.05) is 36.4 Å². The van der Waals surface area contributed by atoms with Crippen LogP contribution in [0.3, 0.4) is 0 Å². The van der Waals surface area contributed by atoms with Crippen LogP contribution in [0.2, 0.25) is 0 Å². The van der Waals surface area contributed by atoms with Gasteiger partial charge < -0.3 is 14.6 Å². The molecule has 0 aliphatic heterocycles. The first-order chi connectivity index (χ1) is 11.1. The maximum absolute atomic E-state index is 11.5. The summed E-state index contributed by atoms with van der Waals surface area (Å²) in [5.74, 6) is -0.292. The van der Waals surface area contributed by atoms with Gasteiger partial charge in [-0.3, -0.25) is 0 Å².